The van der Waals surface area contributed by atoms with Crippen molar-refractivity contribution in [3.63, 3.8) is 0 Å². The van der Waals surface area contributed by atoms with E-state index in [2.05, 4.69) is 106 Å². The van der Waals surface area contributed by atoms with Crippen molar-refractivity contribution in [2.45, 2.75) is 277 Å². The van der Waals surface area contributed by atoms with Crippen molar-refractivity contribution >= 4 is 17.9 Å². The second-order valence-corrected chi connectivity index (χ2v) is 18.8. The fourth-order valence-electron chi connectivity index (χ4n) is 7.74. The van der Waals surface area contributed by atoms with Gasteiger partial charge in [0.15, 0.2) is 6.10 Å². The van der Waals surface area contributed by atoms with Gasteiger partial charge < -0.3 is 14.2 Å². The molecule has 0 radical (unpaired) electrons. The number of ether oxygens (including phenoxy) is 3. The van der Waals surface area contributed by atoms with E-state index in [1.165, 1.54) is 122 Å². The fraction of sp³-hybridized carbons (Fsp3) is 0.726. The minimum atomic E-state index is -0.793. The third-order valence-corrected chi connectivity index (χ3v) is 12.1. The fourth-order valence-corrected chi connectivity index (χ4v) is 7.74. The summed E-state index contributed by atoms with van der Waals surface area (Å²) in [4.78, 5) is 38.1. The van der Waals surface area contributed by atoms with Crippen LogP contribution in [-0.4, -0.2) is 37.2 Å². The normalized spacial score (nSPS) is 12.7. The molecule has 0 heterocycles. The number of allylic oxidation sites excluding steroid dienone is 14. The summed E-state index contributed by atoms with van der Waals surface area (Å²) >= 11 is 0. The van der Waals surface area contributed by atoms with Gasteiger partial charge in [-0.15, -0.1) is 0 Å². The average molecular weight is 948 g/mol. The van der Waals surface area contributed by atoms with Gasteiger partial charge in [-0.25, -0.2) is 0 Å². The Kier molecular flexibility index (Phi) is 53.4. The molecule has 0 fully saturated rings. The van der Waals surface area contributed by atoms with Crippen LogP contribution in [0.2, 0.25) is 0 Å². The van der Waals surface area contributed by atoms with E-state index in [4.69, 9.17) is 14.2 Å². The first kappa shape index (κ1) is 64.6. The third-order valence-electron chi connectivity index (χ3n) is 12.1. The minimum Gasteiger partial charge on any atom is -0.462 e. The van der Waals surface area contributed by atoms with E-state index in [0.29, 0.717) is 19.3 Å². The molecule has 1 atom stereocenters. The Hall–Kier alpha value is -3.41. The lowest BCUT2D eigenvalue weighted by Crippen LogP contribution is -2.30. The summed E-state index contributed by atoms with van der Waals surface area (Å²) in [7, 11) is 0. The Balaban J connectivity index is 4.42. The summed E-state index contributed by atoms with van der Waals surface area (Å²) in [5, 5.41) is 0. The lowest BCUT2D eigenvalue weighted by molar-refractivity contribution is -0.167. The maximum absolute atomic E-state index is 12.9. The van der Waals surface area contributed by atoms with Crippen molar-refractivity contribution in [3.8, 4) is 0 Å². The summed E-state index contributed by atoms with van der Waals surface area (Å²) in [5.74, 6) is -0.921. The largest absolute Gasteiger partial charge is 0.462 e. The minimum absolute atomic E-state index is 0.0908. The van der Waals surface area contributed by atoms with Crippen LogP contribution in [0.5, 0.6) is 0 Å². The first-order chi connectivity index (χ1) is 33.5. The van der Waals surface area contributed by atoms with Gasteiger partial charge in [-0.1, -0.05) is 215 Å². The van der Waals surface area contributed by atoms with Crippen LogP contribution in [0.25, 0.3) is 0 Å². The van der Waals surface area contributed by atoms with Crippen LogP contribution >= 0.6 is 0 Å². The van der Waals surface area contributed by atoms with E-state index >= 15 is 0 Å². The molecule has 0 saturated carbocycles. The standard InChI is InChI=1S/C62H106O6/c1-4-7-10-13-16-19-22-25-27-29-31-33-35-37-40-43-46-49-52-55-61(64)67-58-59(57-66-60(63)54-51-48-45-42-39-24-21-18-15-12-9-6-3)68-62(65)56-53-50-47-44-41-38-36-34-32-30-28-26-23-20-17-14-11-8-5-2/h16-21,25-28,31-34,59H,4-15,22-24,29-30,35-58H2,1-3H3/b19-16-,20-17-,21-18-,27-25-,28-26-,33-31-,34-32-. The highest BCUT2D eigenvalue weighted by molar-refractivity contribution is 5.71. The number of hydrogen-bond acceptors (Lipinski definition) is 6. The Morgan fingerprint density at radius 3 is 0.838 bits per heavy atom. The van der Waals surface area contributed by atoms with Crippen molar-refractivity contribution in [1.29, 1.82) is 0 Å². The number of esters is 3. The predicted octanol–water partition coefficient (Wildman–Crippen LogP) is 19.2. The van der Waals surface area contributed by atoms with Crippen LogP contribution in [0.15, 0.2) is 85.1 Å². The monoisotopic (exact) mass is 947 g/mol. The molecule has 0 amide bonds. The predicted molar refractivity (Wildman–Crippen MR) is 293 cm³/mol. The molecule has 6 nitrogen and oxygen atoms in total. The Bertz CT molecular complexity index is 1320. The molecule has 0 saturated heterocycles. The Labute approximate surface area is 420 Å². The van der Waals surface area contributed by atoms with Gasteiger partial charge in [-0.3, -0.25) is 14.4 Å². The molecule has 0 aliphatic heterocycles. The summed E-state index contributed by atoms with van der Waals surface area (Å²) in [6, 6.07) is 0. The van der Waals surface area contributed by atoms with Crippen LogP contribution < -0.4 is 0 Å². The summed E-state index contributed by atoms with van der Waals surface area (Å²) < 4.78 is 16.8. The third kappa shape index (κ3) is 53.5. The van der Waals surface area contributed by atoms with Crippen LogP contribution in [0.4, 0.5) is 0 Å². The highest BCUT2D eigenvalue weighted by Gasteiger charge is 2.19. The zero-order chi connectivity index (χ0) is 49.3. The molecular weight excluding hydrogens is 841 g/mol. The van der Waals surface area contributed by atoms with Gasteiger partial charge in [0.05, 0.1) is 0 Å². The first-order valence-electron chi connectivity index (χ1n) is 28.6. The summed E-state index contributed by atoms with van der Waals surface area (Å²) in [6.45, 7) is 6.54. The summed E-state index contributed by atoms with van der Waals surface area (Å²) in [6.07, 6.45) is 72.8. The van der Waals surface area contributed by atoms with Crippen LogP contribution in [-0.2, 0) is 28.6 Å². The molecule has 0 spiro atoms. The molecule has 0 aliphatic carbocycles. The maximum atomic E-state index is 12.9. The van der Waals surface area contributed by atoms with E-state index in [1.54, 1.807) is 0 Å². The molecule has 1 unspecified atom stereocenters. The van der Waals surface area contributed by atoms with Crippen molar-refractivity contribution in [2.24, 2.45) is 0 Å². The van der Waals surface area contributed by atoms with Crippen molar-refractivity contribution in [3.05, 3.63) is 85.1 Å². The molecule has 0 N–H and O–H groups in total. The van der Waals surface area contributed by atoms with Crippen molar-refractivity contribution in [2.75, 3.05) is 13.2 Å². The number of rotatable bonds is 51. The van der Waals surface area contributed by atoms with E-state index in [1.807, 2.05) is 0 Å². The highest BCUT2D eigenvalue weighted by atomic mass is 16.6. The average Bonchev–Trinajstić information content (AvgIpc) is 3.34. The highest BCUT2D eigenvalue weighted by Crippen LogP contribution is 2.14. The zero-order valence-corrected chi connectivity index (χ0v) is 44.6. The number of carbonyl (C=O) groups is 3. The lowest BCUT2D eigenvalue weighted by Gasteiger charge is -2.18. The second kappa shape index (κ2) is 56.2. The lowest BCUT2D eigenvalue weighted by atomic mass is 10.1. The van der Waals surface area contributed by atoms with Gasteiger partial charge in [-0.2, -0.15) is 0 Å². The van der Waals surface area contributed by atoms with Gasteiger partial charge in [-0.05, 0) is 122 Å². The molecule has 0 bridgehead atoms. The van der Waals surface area contributed by atoms with Crippen LogP contribution in [0, 0.1) is 0 Å². The van der Waals surface area contributed by atoms with Crippen LogP contribution in [0.3, 0.4) is 0 Å². The van der Waals surface area contributed by atoms with Gasteiger partial charge >= 0.3 is 17.9 Å². The second-order valence-electron chi connectivity index (χ2n) is 18.8. The Morgan fingerprint density at radius 2 is 0.529 bits per heavy atom. The topological polar surface area (TPSA) is 78.9 Å². The first-order valence-corrected chi connectivity index (χ1v) is 28.6. The maximum Gasteiger partial charge on any atom is 0.306 e. The number of unbranched alkanes of at least 4 members (excludes halogenated alkanes) is 26. The molecule has 6 heteroatoms. The molecule has 0 aromatic rings. The van der Waals surface area contributed by atoms with Gasteiger partial charge in [0, 0.05) is 19.3 Å². The van der Waals surface area contributed by atoms with Crippen molar-refractivity contribution < 1.29 is 28.6 Å². The quantitative estimate of drug-likeness (QED) is 0.0262. The SMILES string of the molecule is CCCCC/C=C\C/C=C\C/C=C\CCCCCCCCC(=O)OCC(COC(=O)CCCCCCC/C=C\CCCCC)OC(=O)CCCCCCCC/C=C\C/C=C\C/C=C\CCCCC. The Morgan fingerprint density at radius 1 is 0.294 bits per heavy atom. The molecule has 0 aromatic carbocycles. The summed E-state index contributed by atoms with van der Waals surface area (Å²) in [5.41, 5.74) is 0. The number of carbonyl (C=O) groups excluding carboxylic acids is 3. The molecule has 390 valence electrons. The molecule has 0 aromatic heterocycles. The van der Waals surface area contributed by atoms with Gasteiger partial charge in [0.25, 0.3) is 0 Å². The van der Waals surface area contributed by atoms with Gasteiger partial charge in [0.1, 0.15) is 13.2 Å². The molecule has 0 rings (SSSR count). The molecule has 0 aliphatic rings. The van der Waals surface area contributed by atoms with Crippen LogP contribution in [0.1, 0.15) is 271 Å². The van der Waals surface area contributed by atoms with E-state index < -0.39 is 6.10 Å². The zero-order valence-electron chi connectivity index (χ0n) is 44.6. The molecular formula is C62H106O6. The smallest absolute Gasteiger partial charge is 0.306 e. The van der Waals surface area contributed by atoms with E-state index in [9.17, 15) is 14.4 Å². The number of hydrogen-bond donors (Lipinski definition) is 0. The van der Waals surface area contributed by atoms with Crippen molar-refractivity contribution in [1.82, 2.24) is 0 Å². The molecule has 68 heavy (non-hydrogen) atoms. The van der Waals surface area contributed by atoms with E-state index in [-0.39, 0.29) is 31.1 Å². The van der Waals surface area contributed by atoms with E-state index in [0.717, 1.165) is 109 Å². The van der Waals surface area contributed by atoms with Gasteiger partial charge in [0.2, 0.25) is 0 Å².